The number of nitrogen functional groups attached to an aromatic ring is 1. The zero-order valence-electron chi connectivity index (χ0n) is 23.6. The fraction of sp³-hybridized carbons (Fsp3) is 0.889. The Morgan fingerprint density at radius 3 is 2.03 bits per heavy atom. The normalized spacial score (nSPS) is 19.7. The molecule has 2 atom stereocenters. The van der Waals surface area contributed by atoms with Gasteiger partial charge in [-0.1, -0.05) is 103 Å². The van der Waals surface area contributed by atoms with Crippen LogP contribution in [-0.2, 0) is 25.1 Å². The number of aromatic nitrogens is 3. The van der Waals surface area contributed by atoms with Crippen molar-refractivity contribution in [3.05, 3.63) is 16.8 Å². The third kappa shape index (κ3) is 14.8. The summed E-state index contributed by atoms with van der Waals surface area (Å²) in [5.74, 6) is 0.0574. The second-order valence-electron chi connectivity index (χ2n) is 10.2. The van der Waals surface area contributed by atoms with Gasteiger partial charge in [0.1, 0.15) is 25.6 Å². The highest BCUT2D eigenvalue weighted by molar-refractivity contribution is 7.60. The molecule has 11 heteroatoms. The van der Waals surface area contributed by atoms with Gasteiger partial charge in [0.2, 0.25) is 12.3 Å². The maximum atomic E-state index is 11.8. The average Bonchev–Trinajstić information content (AvgIpc) is 2.91. The molecule has 10 nitrogen and oxygen atoms in total. The van der Waals surface area contributed by atoms with Crippen molar-refractivity contribution in [1.29, 1.82) is 0 Å². The molecule has 0 amide bonds. The Morgan fingerprint density at radius 2 is 1.50 bits per heavy atom. The van der Waals surface area contributed by atoms with Crippen LogP contribution in [0.15, 0.2) is 11.1 Å². The van der Waals surface area contributed by atoms with Gasteiger partial charge in [0.25, 0.3) is 0 Å². The summed E-state index contributed by atoms with van der Waals surface area (Å²) in [5.41, 5.74) is 5.21. The van der Waals surface area contributed by atoms with Crippen molar-refractivity contribution >= 4 is 13.9 Å². The van der Waals surface area contributed by atoms with E-state index in [9.17, 15) is 9.69 Å². The fourth-order valence-electron chi connectivity index (χ4n) is 4.51. The molecule has 0 aromatic carbocycles. The lowest BCUT2D eigenvalue weighted by Crippen LogP contribution is -2.37. The zero-order valence-corrected chi connectivity index (χ0v) is 24.5. The molecular weight excluding hydrogens is 507 g/mol. The molecule has 1 aromatic rings. The monoisotopic (exact) mass is 559 g/mol. The number of nitrogens with zero attached hydrogens (tertiary/aromatic N) is 3. The van der Waals surface area contributed by atoms with Gasteiger partial charge in [-0.15, -0.1) is 0 Å². The highest BCUT2D eigenvalue weighted by Crippen LogP contribution is 2.58. The molecule has 1 unspecified atom stereocenters. The van der Waals surface area contributed by atoms with Crippen LogP contribution in [0.2, 0.25) is 0 Å². The number of rotatable bonds is 23. The fourth-order valence-corrected chi connectivity index (χ4v) is 5.89. The Kier molecular flexibility index (Phi) is 18.0. The summed E-state index contributed by atoms with van der Waals surface area (Å²) in [6, 6.07) is 0. The summed E-state index contributed by atoms with van der Waals surface area (Å²) in [4.78, 5) is 29.7. The maximum Gasteiger partial charge on any atom is 0.436 e. The highest BCUT2D eigenvalue weighted by atomic mass is 31.2. The first-order chi connectivity index (χ1) is 18.5. The Bertz CT molecular complexity index is 776. The standard InChI is InChI=1S/C27H51N4O6P/c1-2-3-4-5-6-7-8-9-10-11-12-13-14-15-16-17-18-34-19-20-36-38(33)24-35-25(22-37-38)21-31-26(28)29-23-30-27(31)32/h23,25,33H,2-22,24H2,1H3,(H-,28,29,30,32)/p+1/t25-,38?/m0/s1. The van der Waals surface area contributed by atoms with E-state index >= 15 is 0 Å². The lowest BCUT2D eigenvalue weighted by molar-refractivity contribution is -0.0283. The minimum atomic E-state index is -3.08. The first-order valence-electron chi connectivity index (χ1n) is 14.8. The molecule has 0 aliphatic carbocycles. The van der Waals surface area contributed by atoms with E-state index < -0.39 is 19.7 Å². The lowest BCUT2D eigenvalue weighted by atomic mass is 10.0. The van der Waals surface area contributed by atoms with E-state index in [0.29, 0.717) is 13.2 Å². The minimum absolute atomic E-state index is 0.0574. The molecule has 1 saturated heterocycles. The molecule has 2 heterocycles. The molecular formula is C27H52N4O6P+. The molecule has 38 heavy (non-hydrogen) atoms. The van der Waals surface area contributed by atoms with Gasteiger partial charge >= 0.3 is 13.6 Å². The predicted octanol–water partition coefficient (Wildman–Crippen LogP) is 5.64. The molecule has 3 N–H and O–H groups in total. The van der Waals surface area contributed by atoms with Gasteiger partial charge in [0.05, 0.1) is 13.2 Å². The number of unbranched alkanes of at least 4 members (excludes halogenated alkanes) is 15. The molecule has 1 fully saturated rings. The van der Waals surface area contributed by atoms with Crippen LogP contribution in [0.4, 0.5) is 5.95 Å². The van der Waals surface area contributed by atoms with E-state index in [-0.39, 0.29) is 32.1 Å². The number of nitrogens with two attached hydrogens (primary N) is 1. The molecule has 1 aliphatic heterocycles. The van der Waals surface area contributed by atoms with E-state index in [0.717, 1.165) is 12.7 Å². The minimum Gasteiger partial charge on any atom is -0.379 e. The van der Waals surface area contributed by atoms with Crippen LogP contribution in [0, 0.1) is 0 Å². The van der Waals surface area contributed by atoms with Crippen molar-refractivity contribution in [3.63, 3.8) is 0 Å². The van der Waals surface area contributed by atoms with Crippen LogP contribution in [0.3, 0.4) is 0 Å². The van der Waals surface area contributed by atoms with Gasteiger partial charge in [-0.05, 0) is 6.42 Å². The van der Waals surface area contributed by atoms with Gasteiger partial charge in [0, 0.05) is 6.61 Å². The quantitative estimate of drug-likeness (QED) is 0.129. The summed E-state index contributed by atoms with van der Waals surface area (Å²) < 4.78 is 23.6. The lowest BCUT2D eigenvalue weighted by Gasteiger charge is -2.27. The number of anilines is 1. The van der Waals surface area contributed by atoms with Crippen LogP contribution in [0.1, 0.15) is 110 Å². The van der Waals surface area contributed by atoms with E-state index in [2.05, 4.69) is 16.9 Å². The Hall–Kier alpha value is -1.16. The van der Waals surface area contributed by atoms with Gasteiger partial charge in [-0.25, -0.2) is 9.78 Å². The van der Waals surface area contributed by atoms with Crippen LogP contribution in [0.5, 0.6) is 0 Å². The second-order valence-corrected chi connectivity index (χ2v) is 12.3. The number of hydrogen-bond donors (Lipinski definition) is 2. The SMILES string of the molecule is CCCCCCCCCCCCCCCCCCOCCO[P+]1(O)CO[C@@H](Cn2c(N)ncnc2=O)CO1. The molecule has 2 rings (SSSR count). The molecule has 0 bridgehead atoms. The van der Waals surface area contributed by atoms with E-state index in [1.54, 1.807) is 0 Å². The molecule has 0 saturated carbocycles. The summed E-state index contributed by atoms with van der Waals surface area (Å²) in [7, 11) is -3.08. The summed E-state index contributed by atoms with van der Waals surface area (Å²) in [6.07, 6.45) is 22.2. The van der Waals surface area contributed by atoms with Crippen molar-refractivity contribution in [2.75, 3.05) is 38.5 Å². The van der Waals surface area contributed by atoms with Crippen LogP contribution >= 0.6 is 7.94 Å². The highest BCUT2D eigenvalue weighted by Gasteiger charge is 2.47. The van der Waals surface area contributed by atoms with Crippen molar-refractivity contribution in [2.45, 2.75) is 122 Å². The van der Waals surface area contributed by atoms with Gasteiger partial charge in [0.15, 0.2) is 0 Å². The summed E-state index contributed by atoms with van der Waals surface area (Å²) >= 11 is 0. The Labute approximate surface area is 229 Å². The summed E-state index contributed by atoms with van der Waals surface area (Å²) in [6.45, 7) is 3.86. The Balaban J connectivity index is 1.34. The van der Waals surface area contributed by atoms with E-state index in [1.165, 1.54) is 101 Å². The van der Waals surface area contributed by atoms with Crippen LogP contribution in [0.25, 0.3) is 0 Å². The molecule has 0 radical (unpaired) electrons. The van der Waals surface area contributed by atoms with Gasteiger partial charge in [-0.2, -0.15) is 18.9 Å². The second kappa shape index (κ2) is 20.7. The van der Waals surface area contributed by atoms with E-state index in [4.69, 9.17) is 24.3 Å². The first-order valence-corrected chi connectivity index (χ1v) is 16.6. The zero-order chi connectivity index (χ0) is 27.3. The van der Waals surface area contributed by atoms with Crippen LogP contribution < -0.4 is 11.4 Å². The molecule has 0 spiro atoms. The van der Waals surface area contributed by atoms with Crippen molar-refractivity contribution < 1.29 is 23.4 Å². The smallest absolute Gasteiger partial charge is 0.379 e. The molecule has 1 aromatic heterocycles. The number of ether oxygens (including phenoxy) is 2. The largest absolute Gasteiger partial charge is 0.436 e. The van der Waals surface area contributed by atoms with Crippen molar-refractivity contribution in [1.82, 2.24) is 14.5 Å². The average molecular weight is 560 g/mol. The van der Waals surface area contributed by atoms with Crippen molar-refractivity contribution in [3.8, 4) is 0 Å². The Morgan fingerprint density at radius 1 is 0.921 bits per heavy atom. The van der Waals surface area contributed by atoms with Crippen molar-refractivity contribution in [2.24, 2.45) is 0 Å². The van der Waals surface area contributed by atoms with Gasteiger partial charge in [-0.3, -0.25) is 4.57 Å². The van der Waals surface area contributed by atoms with Gasteiger partial charge < -0.3 is 15.2 Å². The maximum absolute atomic E-state index is 11.8. The van der Waals surface area contributed by atoms with E-state index in [1.807, 2.05) is 0 Å². The topological polar surface area (TPSA) is 131 Å². The predicted molar refractivity (Wildman–Crippen MR) is 152 cm³/mol. The first kappa shape index (κ1) is 33.0. The molecule has 220 valence electrons. The number of hydrogen-bond acceptors (Lipinski definition) is 9. The molecule has 1 aliphatic rings. The summed E-state index contributed by atoms with van der Waals surface area (Å²) in [5, 5.41) is 0. The third-order valence-corrected chi connectivity index (χ3v) is 8.46. The van der Waals surface area contributed by atoms with Crippen LogP contribution in [-0.4, -0.2) is 58.3 Å². The third-order valence-electron chi connectivity index (χ3n) is 6.85.